The number of hydrogen-bond donors (Lipinski definition) is 2. The summed E-state index contributed by atoms with van der Waals surface area (Å²) >= 11 is 0. The number of anilines is 1. The minimum absolute atomic E-state index is 0.202. The highest BCUT2D eigenvalue weighted by Gasteiger charge is 2.15. The molecule has 1 aliphatic heterocycles. The highest BCUT2D eigenvalue weighted by Crippen LogP contribution is 2.20. The Morgan fingerprint density at radius 1 is 1.25 bits per heavy atom. The number of aromatic nitrogens is 3. The summed E-state index contributed by atoms with van der Waals surface area (Å²) in [6.45, 7) is 5.58. The van der Waals surface area contributed by atoms with Crippen LogP contribution in [0.4, 0.5) is 10.3 Å². The average molecular weight is 275 g/mol. The molecule has 2 heterocycles. The summed E-state index contributed by atoms with van der Waals surface area (Å²) in [6.07, 6.45) is 1.08. The van der Waals surface area contributed by atoms with E-state index in [1.165, 1.54) is 6.07 Å². The van der Waals surface area contributed by atoms with Gasteiger partial charge >= 0.3 is 0 Å². The van der Waals surface area contributed by atoms with Crippen LogP contribution in [-0.2, 0) is 0 Å². The summed E-state index contributed by atoms with van der Waals surface area (Å²) in [6, 6.07) is 4.96. The Kier molecular flexibility index (Phi) is 3.64. The van der Waals surface area contributed by atoms with Crippen LogP contribution >= 0.6 is 0 Å². The Balaban J connectivity index is 1.83. The number of hydrogen-bond acceptors (Lipinski definition) is 4. The Morgan fingerprint density at radius 3 is 3.00 bits per heavy atom. The molecule has 0 saturated carbocycles. The molecule has 3 rings (SSSR count). The van der Waals surface area contributed by atoms with Crippen LogP contribution in [0.3, 0.4) is 0 Å². The van der Waals surface area contributed by atoms with Gasteiger partial charge in [0.2, 0.25) is 5.95 Å². The van der Waals surface area contributed by atoms with Gasteiger partial charge in [-0.05, 0) is 43.7 Å². The summed E-state index contributed by atoms with van der Waals surface area (Å²) in [5.41, 5.74) is 1.47. The number of nitrogens with zero attached hydrogens (tertiary/aromatic N) is 3. The molecule has 1 aromatic heterocycles. The van der Waals surface area contributed by atoms with Gasteiger partial charge in [-0.3, -0.25) is 5.10 Å². The lowest BCUT2D eigenvalue weighted by Crippen LogP contribution is -2.28. The van der Waals surface area contributed by atoms with Crippen molar-refractivity contribution in [1.82, 2.24) is 20.5 Å². The van der Waals surface area contributed by atoms with Crippen molar-refractivity contribution in [3.8, 4) is 11.4 Å². The zero-order chi connectivity index (χ0) is 13.9. The van der Waals surface area contributed by atoms with Crippen LogP contribution in [0.25, 0.3) is 11.4 Å². The molecule has 1 aliphatic rings. The minimum atomic E-state index is -0.202. The van der Waals surface area contributed by atoms with Gasteiger partial charge in [0.25, 0.3) is 0 Å². The van der Waals surface area contributed by atoms with Crippen molar-refractivity contribution in [2.24, 2.45) is 0 Å². The van der Waals surface area contributed by atoms with Gasteiger partial charge in [0.15, 0.2) is 5.82 Å². The van der Waals surface area contributed by atoms with Crippen molar-refractivity contribution in [2.75, 3.05) is 31.1 Å². The molecule has 0 amide bonds. The largest absolute Gasteiger partial charge is 0.338 e. The number of aromatic amines is 1. The second-order valence-electron chi connectivity index (χ2n) is 5.04. The molecule has 106 valence electrons. The normalized spacial score (nSPS) is 16.2. The van der Waals surface area contributed by atoms with E-state index in [0.717, 1.165) is 38.2 Å². The van der Waals surface area contributed by atoms with E-state index in [9.17, 15) is 4.39 Å². The first-order valence-electron chi connectivity index (χ1n) is 6.88. The van der Waals surface area contributed by atoms with E-state index >= 15 is 0 Å². The van der Waals surface area contributed by atoms with Gasteiger partial charge < -0.3 is 10.2 Å². The Morgan fingerprint density at radius 2 is 2.15 bits per heavy atom. The summed E-state index contributed by atoms with van der Waals surface area (Å²) in [4.78, 5) is 6.69. The fourth-order valence-corrected chi connectivity index (χ4v) is 2.36. The molecule has 0 atom stereocenters. The number of rotatable bonds is 2. The summed E-state index contributed by atoms with van der Waals surface area (Å²) < 4.78 is 13.3. The third-order valence-corrected chi connectivity index (χ3v) is 3.53. The van der Waals surface area contributed by atoms with Gasteiger partial charge in [0.05, 0.1) is 0 Å². The maximum Gasteiger partial charge on any atom is 0.245 e. The molecule has 1 saturated heterocycles. The van der Waals surface area contributed by atoms with Crippen molar-refractivity contribution in [2.45, 2.75) is 13.3 Å². The number of nitrogens with one attached hydrogen (secondary N) is 2. The molecule has 2 aromatic rings. The predicted octanol–water partition coefficient (Wildman–Crippen LogP) is 1.72. The lowest BCUT2D eigenvalue weighted by molar-refractivity contribution is 0.618. The fraction of sp³-hybridized carbons (Fsp3) is 0.429. The zero-order valence-electron chi connectivity index (χ0n) is 11.5. The molecular formula is C14H18FN5. The predicted molar refractivity (Wildman–Crippen MR) is 76.2 cm³/mol. The molecule has 5 nitrogen and oxygen atoms in total. The number of benzene rings is 1. The van der Waals surface area contributed by atoms with Gasteiger partial charge in [-0.25, -0.2) is 4.39 Å². The molecule has 1 aromatic carbocycles. The average Bonchev–Trinajstić information content (AvgIpc) is 2.78. The number of halogens is 1. The first kappa shape index (κ1) is 13.1. The Hall–Kier alpha value is -1.95. The highest BCUT2D eigenvalue weighted by molar-refractivity contribution is 5.57. The van der Waals surface area contributed by atoms with Crippen LogP contribution in [0, 0.1) is 12.7 Å². The van der Waals surface area contributed by atoms with E-state index in [-0.39, 0.29) is 5.82 Å². The first-order chi connectivity index (χ1) is 9.74. The van der Waals surface area contributed by atoms with Crippen molar-refractivity contribution in [3.05, 3.63) is 29.6 Å². The molecular weight excluding hydrogens is 257 g/mol. The van der Waals surface area contributed by atoms with E-state index < -0.39 is 0 Å². The topological polar surface area (TPSA) is 56.8 Å². The quantitative estimate of drug-likeness (QED) is 0.876. The van der Waals surface area contributed by atoms with E-state index in [1.807, 2.05) is 0 Å². The van der Waals surface area contributed by atoms with Gasteiger partial charge in [0.1, 0.15) is 5.82 Å². The van der Waals surface area contributed by atoms with E-state index in [2.05, 4.69) is 25.4 Å². The molecule has 0 unspecified atom stereocenters. The molecule has 0 radical (unpaired) electrons. The molecule has 2 N–H and O–H groups in total. The molecule has 6 heteroatoms. The van der Waals surface area contributed by atoms with E-state index in [1.54, 1.807) is 19.1 Å². The van der Waals surface area contributed by atoms with Crippen molar-refractivity contribution in [3.63, 3.8) is 0 Å². The number of aryl methyl sites for hydroxylation is 1. The third kappa shape index (κ3) is 2.65. The Labute approximate surface area is 117 Å². The van der Waals surface area contributed by atoms with Crippen LogP contribution in [-0.4, -0.2) is 41.4 Å². The van der Waals surface area contributed by atoms with Gasteiger partial charge in [-0.15, -0.1) is 5.10 Å². The van der Waals surface area contributed by atoms with E-state index in [0.29, 0.717) is 17.3 Å². The maximum atomic E-state index is 13.3. The lowest BCUT2D eigenvalue weighted by Gasteiger charge is -2.16. The Bertz CT molecular complexity index is 587. The van der Waals surface area contributed by atoms with Crippen molar-refractivity contribution in [1.29, 1.82) is 0 Å². The molecule has 1 fully saturated rings. The van der Waals surface area contributed by atoms with Gasteiger partial charge in [-0.1, -0.05) is 0 Å². The summed E-state index contributed by atoms with van der Waals surface area (Å²) in [5, 5.41) is 10.6. The standard InChI is InChI=1S/C14H18FN5/c1-10-9-11(3-4-12(10)15)13-17-14(19-18-13)20-7-2-5-16-6-8-20/h3-4,9,16H,2,5-8H2,1H3,(H,17,18,19). The summed E-state index contributed by atoms with van der Waals surface area (Å²) in [5.74, 6) is 1.19. The van der Waals surface area contributed by atoms with Crippen LogP contribution < -0.4 is 10.2 Å². The molecule has 0 aliphatic carbocycles. The van der Waals surface area contributed by atoms with Crippen LogP contribution in [0.2, 0.25) is 0 Å². The van der Waals surface area contributed by atoms with E-state index in [4.69, 9.17) is 0 Å². The highest BCUT2D eigenvalue weighted by atomic mass is 19.1. The maximum absolute atomic E-state index is 13.3. The lowest BCUT2D eigenvalue weighted by atomic mass is 10.1. The minimum Gasteiger partial charge on any atom is -0.338 e. The third-order valence-electron chi connectivity index (χ3n) is 3.53. The van der Waals surface area contributed by atoms with Crippen LogP contribution in [0.5, 0.6) is 0 Å². The van der Waals surface area contributed by atoms with Gasteiger partial charge in [-0.2, -0.15) is 4.98 Å². The van der Waals surface area contributed by atoms with Crippen LogP contribution in [0.15, 0.2) is 18.2 Å². The summed E-state index contributed by atoms with van der Waals surface area (Å²) in [7, 11) is 0. The number of H-pyrrole nitrogens is 1. The zero-order valence-corrected chi connectivity index (χ0v) is 11.5. The SMILES string of the molecule is Cc1cc(-c2nc(N3CCCNCC3)n[nH]2)ccc1F. The monoisotopic (exact) mass is 275 g/mol. The smallest absolute Gasteiger partial charge is 0.245 e. The van der Waals surface area contributed by atoms with Crippen molar-refractivity contribution >= 4 is 5.95 Å². The molecule has 20 heavy (non-hydrogen) atoms. The molecule has 0 bridgehead atoms. The second-order valence-corrected chi connectivity index (χ2v) is 5.04. The second kappa shape index (κ2) is 5.58. The first-order valence-corrected chi connectivity index (χ1v) is 6.88. The van der Waals surface area contributed by atoms with Crippen LogP contribution in [0.1, 0.15) is 12.0 Å². The fourth-order valence-electron chi connectivity index (χ4n) is 2.36. The molecule has 0 spiro atoms. The van der Waals surface area contributed by atoms with Gasteiger partial charge in [0, 0.05) is 25.2 Å². The van der Waals surface area contributed by atoms with Crippen molar-refractivity contribution < 1.29 is 4.39 Å².